The number of nitrogens with zero attached hydrogens (tertiary/aromatic N) is 2. The third-order valence-corrected chi connectivity index (χ3v) is 6.10. The van der Waals surface area contributed by atoms with Crippen LogP contribution in [0.2, 0.25) is 0 Å². The van der Waals surface area contributed by atoms with Crippen molar-refractivity contribution in [3.05, 3.63) is 64.6 Å². The minimum atomic E-state index is -0.372. The standard InChI is InChI=1S/C23H28FN3O3S/c1-3-10-25-23(29)26(11-4-2)15-22(28)27-12-8-21-19(9-13-31-21)20(27)16-30-18-7-5-6-17(24)14-18/h4-7,9,13-14,20H,2-3,8,10-12,15-16H2,1H3,(H,25,29). The summed E-state index contributed by atoms with van der Waals surface area (Å²) in [6, 6.07) is 7.40. The van der Waals surface area contributed by atoms with E-state index in [-0.39, 0.29) is 43.5 Å². The third kappa shape index (κ3) is 5.85. The molecule has 1 atom stereocenters. The molecule has 1 aromatic heterocycles. The van der Waals surface area contributed by atoms with Crippen molar-refractivity contribution >= 4 is 23.3 Å². The predicted octanol–water partition coefficient (Wildman–Crippen LogP) is 4.00. The summed E-state index contributed by atoms with van der Waals surface area (Å²) in [5, 5.41) is 4.82. The predicted molar refractivity (Wildman–Crippen MR) is 120 cm³/mol. The normalized spacial score (nSPS) is 15.2. The molecule has 166 valence electrons. The highest BCUT2D eigenvalue weighted by Crippen LogP contribution is 2.34. The molecule has 8 heteroatoms. The lowest BCUT2D eigenvalue weighted by Crippen LogP contribution is -2.50. The molecule has 0 saturated heterocycles. The maximum absolute atomic E-state index is 13.5. The van der Waals surface area contributed by atoms with E-state index in [2.05, 4.69) is 11.9 Å². The van der Waals surface area contributed by atoms with Gasteiger partial charge in [-0.3, -0.25) is 4.79 Å². The molecular weight excluding hydrogens is 417 g/mol. The molecular formula is C23H28FN3O3S. The first-order chi connectivity index (χ1) is 15.0. The number of urea groups is 1. The Hall–Kier alpha value is -2.87. The Morgan fingerprint density at radius 3 is 3.00 bits per heavy atom. The number of hydrogen-bond donors (Lipinski definition) is 1. The average Bonchev–Trinajstić information content (AvgIpc) is 3.24. The molecule has 1 N–H and O–H groups in total. The molecule has 3 amide bonds. The summed E-state index contributed by atoms with van der Waals surface area (Å²) in [4.78, 5) is 30.1. The van der Waals surface area contributed by atoms with Crippen LogP contribution in [0, 0.1) is 5.82 Å². The van der Waals surface area contributed by atoms with Gasteiger partial charge in [-0.2, -0.15) is 0 Å². The molecule has 0 aliphatic carbocycles. The minimum Gasteiger partial charge on any atom is -0.491 e. The molecule has 0 fully saturated rings. The average molecular weight is 446 g/mol. The topological polar surface area (TPSA) is 61.9 Å². The molecule has 1 aliphatic heterocycles. The monoisotopic (exact) mass is 445 g/mol. The van der Waals surface area contributed by atoms with Crippen molar-refractivity contribution in [3.63, 3.8) is 0 Å². The van der Waals surface area contributed by atoms with E-state index in [0.717, 1.165) is 18.4 Å². The van der Waals surface area contributed by atoms with Crippen molar-refractivity contribution in [1.29, 1.82) is 0 Å². The molecule has 2 aromatic rings. The number of halogens is 1. The molecule has 3 rings (SSSR count). The summed E-state index contributed by atoms with van der Waals surface area (Å²) >= 11 is 1.66. The number of amides is 3. The first kappa shape index (κ1) is 22.8. The molecule has 31 heavy (non-hydrogen) atoms. The van der Waals surface area contributed by atoms with Crippen molar-refractivity contribution < 1.29 is 18.7 Å². The molecule has 1 aromatic carbocycles. The highest BCUT2D eigenvalue weighted by atomic mass is 32.1. The molecule has 2 heterocycles. The van der Waals surface area contributed by atoms with Crippen LogP contribution in [0.25, 0.3) is 0 Å². The number of ether oxygens (including phenoxy) is 1. The summed E-state index contributed by atoms with van der Waals surface area (Å²) in [7, 11) is 0. The van der Waals surface area contributed by atoms with Gasteiger partial charge in [-0.25, -0.2) is 9.18 Å². The fourth-order valence-corrected chi connectivity index (χ4v) is 4.51. The van der Waals surface area contributed by atoms with Crippen LogP contribution in [-0.4, -0.2) is 54.5 Å². The van der Waals surface area contributed by atoms with Crippen LogP contribution in [0.15, 0.2) is 48.4 Å². The van der Waals surface area contributed by atoms with Crippen LogP contribution in [0.3, 0.4) is 0 Å². The van der Waals surface area contributed by atoms with Crippen molar-refractivity contribution in [2.24, 2.45) is 0 Å². The van der Waals surface area contributed by atoms with Gasteiger partial charge in [-0.15, -0.1) is 17.9 Å². The zero-order valence-electron chi connectivity index (χ0n) is 17.7. The molecule has 1 aliphatic rings. The van der Waals surface area contributed by atoms with E-state index in [0.29, 0.717) is 18.8 Å². The van der Waals surface area contributed by atoms with Crippen LogP contribution in [0.1, 0.15) is 29.8 Å². The Bertz CT molecular complexity index is 917. The number of thiophene rings is 1. The molecule has 1 unspecified atom stereocenters. The highest BCUT2D eigenvalue weighted by molar-refractivity contribution is 7.10. The van der Waals surface area contributed by atoms with Crippen LogP contribution in [-0.2, 0) is 11.2 Å². The summed E-state index contributed by atoms with van der Waals surface area (Å²) in [6.07, 6.45) is 3.18. The molecule has 0 spiro atoms. The maximum atomic E-state index is 13.5. The van der Waals surface area contributed by atoms with E-state index in [1.807, 2.05) is 18.4 Å². The Kier molecular flexibility index (Phi) is 8.06. The number of carbonyl (C=O) groups excluding carboxylic acids is 2. The van der Waals surface area contributed by atoms with Crippen LogP contribution in [0.5, 0.6) is 5.75 Å². The van der Waals surface area contributed by atoms with Crippen LogP contribution >= 0.6 is 11.3 Å². The van der Waals surface area contributed by atoms with Crippen molar-refractivity contribution in [2.45, 2.75) is 25.8 Å². The van der Waals surface area contributed by atoms with Crippen molar-refractivity contribution in [1.82, 2.24) is 15.1 Å². The van der Waals surface area contributed by atoms with E-state index in [4.69, 9.17) is 4.74 Å². The van der Waals surface area contributed by atoms with E-state index >= 15 is 0 Å². The number of hydrogen-bond acceptors (Lipinski definition) is 4. The number of fused-ring (bicyclic) bond motifs is 1. The lowest BCUT2D eigenvalue weighted by atomic mass is 10.0. The first-order valence-electron chi connectivity index (χ1n) is 10.4. The van der Waals surface area contributed by atoms with Gasteiger partial charge in [0, 0.05) is 30.6 Å². The summed E-state index contributed by atoms with van der Waals surface area (Å²) < 4.78 is 19.4. The van der Waals surface area contributed by atoms with Gasteiger partial charge in [0.15, 0.2) is 0 Å². The van der Waals surface area contributed by atoms with Gasteiger partial charge in [0.2, 0.25) is 5.91 Å². The summed E-state index contributed by atoms with van der Waals surface area (Å²) in [6.45, 7) is 7.21. The zero-order chi connectivity index (χ0) is 22.2. The minimum absolute atomic E-state index is 0.0441. The quantitative estimate of drug-likeness (QED) is 0.594. The smallest absolute Gasteiger partial charge is 0.318 e. The van der Waals surface area contributed by atoms with Crippen molar-refractivity contribution in [3.8, 4) is 5.75 Å². The third-order valence-electron chi connectivity index (χ3n) is 5.11. The van der Waals surface area contributed by atoms with Crippen LogP contribution < -0.4 is 10.1 Å². The van der Waals surface area contributed by atoms with Gasteiger partial charge in [-0.05, 0) is 42.0 Å². The largest absolute Gasteiger partial charge is 0.491 e. The second-order valence-corrected chi connectivity index (χ2v) is 8.32. The van der Waals surface area contributed by atoms with E-state index in [1.165, 1.54) is 21.9 Å². The number of carbonyl (C=O) groups is 2. The number of nitrogens with one attached hydrogen (secondary N) is 1. The van der Waals surface area contributed by atoms with Gasteiger partial charge in [-0.1, -0.05) is 19.1 Å². The van der Waals surface area contributed by atoms with Gasteiger partial charge in [0.25, 0.3) is 0 Å². The first-order valence-corrected chi connectivity index (χ1v) is 11.3. The SMILES string of the molecule is C=CCN(CC(=O)N1CCc2sccc2C1COc1cccc(F)c1)C(=O)NCCC. The van der Waals surface area contributed by atoms with Gasteiger partial charge < -0.3 is 19.9 Å². The lowest BCUT2D eigenvalue weighted by molar-refractivity contribution is -0.135. The fourth-order valence-electron chi connectivity index (χ4n) is 3.58. The number of benzene rings is 1. The second-order valence-electron chi connectivity index (χ2n) is 7.32. The second kappa shape index (κ2) is 10.9. The van der Waals surface area contributed by atoms with Gasteiger partial charge in [0.05, 0.1) is 6.04 Å². The Morgan fingerprint density at radius 1 is 1.42 bits per heavy atom. The Morgan fingerprint density at radius 2 is 2.26 bits per heavy atom. The molecule has 0 radical (unpaired) electrons. The zero-order valence-corrected chi connectivity index (χ0v) is 18.5. The van der Waals surface area contributed by atoms with Crippen molar-refractivity contribution in [2.75, 3.05) is 32.8 Å². The summed E-state index contributed by atoms with van der Waals surface area (Å²) in [5.74, 6) is -0.108. The molecule has 0 bridgehead atoms. The van der Waals surface area contributed by atoms with Crippen LogP contribution in [0.4, 0.5) is 9.18 Å². The fraction of sp³-hybridized carbons (Fsp3) is 0.391. The lowest BCUT2D eigenvalue weighted by Gasteiger charge is -2.37. The van der Waals surface area contributed by atoms with Gasteiger partial charge >= 0.3 is 6.03 Å². The number of rotatable bonds is 9. The Labute approximate surface area is 186 Å². The molecule has 6 nitrogen and oxygen atoms in total. The van der Waals surface area contributed by atoms with E-state index in [9.17, 15) is 14.0 Å². The summed E-state index contributed by atoms with van der Waals surface area (Å²) in [5.41, 5.74) is 1.05. The van der Waals surface area contributed by atoms with E-state index < -0.39 is 0 Å². The Balaban J connectivity index is 1.74. The highest BCUT2D eigenvalue weighted by Gasteiger charge is 2.33. The maximum Gasteiger partial charge on any atom is 0.318 e. The van der Waals surface area contributed by atoms with Gasteiger partial charge in [0.1, 0.15) is 24.7 Å². The molecule has 0 saturated carbocycles. The van der Waals surface area contributed by atoms with E-state index in [1.54, 1.807) is 34.4 Å².